The maximum absolute atomic E-state index is 10.7. The summed E-state index contributed by atoms with van der Waals surface area (Å²) in [4.78, 5) is 10.7. The Morgan fingerprint density at radius 2 is 1.95 bits per heavy atom. The van der Waals surface area contributed by atoms with Gasteiger partial charge >= 0.3 is 5.97 Å². The molecular weight excluding hydrogens is 356 g/mol. The standard InChI is InChI=1S/C16H12BrClO3/c1-10-2-5-14(11(8-10)3-7-16(19)20)21-15-6-4-12(18)9-13(15)17/h2-9H,1H3,(H,19,20)/b7-3+. The lowest BCUT2D eigenvalue weighted by molar-refractivity contribution is -0.131. The molecule has 0 aromatic heterocycles. The molecule has 0 aliphatic heterocycles. The molecule has 0 saturated carbocycles. The minimum atomic E-state index is -1.00. The molecule has 21 heavy (non-hydrogen) atoms. The third-order valence-corrected chi connectivity index (χ3v) is 3.54. The van der Waals surface area contributed by atoms with E-state index in [0.29, 0.717) is 22.1 Å². The van der Waals surface area contributed by atoms with E-state index >= 15 is 0 Å². The summed E-state index contributed by atoms with van der Waals surface area (Å²) in [6.45, 7) is 1.93. The molecule has 0 aliphatic rings. The second kappa shape index (κ2) is 6.78. The smallest absolute Gasteiger partial charge is 0.328 e. The van der Waals surface area contributed by atoms with Crippen LogP contribution in [0.1, 0.15) is 11.1 Å². The van der Waals surface area contributed by atoms with Gasteiger partial charge in [0.2, 0.25) is 0 Å². The van der Waals surface area contributed by atoms with Crippen molar-refractivity contribution in [1.82, 2.24) is 0 Å². The van der Waals surface area contributed by atoms with Gasteiger partial charge < -0.3 is 9.84 Å². The Kier molecular flexibility index (Phi) is 5.04. The number of carboxylic acid groups (broad SMARTS) is 1. The molecule has 0 unspecified atom stereocenters. The summed E-state index contributed by atoms with van der Waals surface area (Å²) in [6.07, 6.45) is 2.59. The number of aryl methyl sites for hydroxylation is 1. The normalized spacial score (nSPS) is 10.8. The van der Waals surface area contributed by atoms with Crippen molar-refractivity contribution >= 4 is 39.6 Å². The van der Waals surface area contributed by atoms with Crippen molar-refractivity contribution in [2.24, 2.45) is 0 Å². The van der Waals surface area contributed by atoms with Crippen molar-refractivity contribution in [2.45, 2.75) is 6.92 Å². The Morgan fingerprint density at radius 3 is 2.62 bits per heavy atom. The molecular formula is C16H12BrClO3. The van der Waals surface area contributed by atoms with Crippen molar-refractivity contribution in [2.75, 3.05) is 0 Å². The Morgan fingerprint density at radius 1 is 1.24 bits per heavy atom. The van der Waals surface area contributed by atoms with E-state index in [1.807, 2.05) is 19.1 Å². The van der Waals surface area contributed by atoms with E-state index in [4.69, 9.17) is 21.4 Å². The zero-order chi connectivity index (χ0) is 15.4. The molecule has 1 N–H and O–H groups in total. The summed E-state index contributed by atoms with van der Waals surface area (Å²) in [5, 5.41) is 9.35. The van der Waals surface area contributed by atoms with Gasteiger partial charge in [0.15, 0.2) is 0 Å². The third-order valence-electron chi connectivity index (χ3n) is 2.68. The number of benzene rings is 2. The molecule has 0 heterocycles. The Balaban J connectivity index is 2.37. The first kappa shape index (κ1) is 15.6. The Bertz CT molecular complexity index is 711. The highest BCUT2D eigenvalue weighted by Gasteiger charge is 2.07. The predicted octanol–water partition coefficient (Wildman–Crippen LogP) is 5.30. The van der Waals surface area contributed by atoms with Crippen molar-refractivity contribution in [3.63, 3.8) is 0 Å². The first-order valence-electron chi connectivity index (χ1n) is 6.10. The number of aliphatic carboxylic acids is 1. The van der Waals surface area contributed by atoms with Crippen molar-refractivity contribution < 1.29 is 14.6 Å². The van der Waals surface area contributed by atoms with E-state index in [-0.39, 0.29) is 0 Å². The van der Waals surface area contributed by atoms with Crippen LogP contribution in [0.3, 0.4) is 0 Å². The highest BCUT2D eigenvalue weighted by atomic mass is 79.9. The maximum atomic E-state index is 10.7. The zero-order valence-corrected chi connectivity index (χ0v) is 13.5. The molecule has 3 nitrogen and oxygen atoms in total. The van der Waals surface area contributed by atoms with E-state index in [9.17, 15) is 4.79 Å². The van der Waals surface area contributed by atoms with Crippen LogP contribution in [-0.4, -0.2) is 11.1 Å². The van der Waals surface area contributed by atoms with Gasteiger partial charge in [-0.1, -0.05) is 23.2 Å². The summed E-state index contributed by atoms with van der Waals surface area (Å²) >= 11 is 9.28. The number of hydrogen-bond donors (Lipinski definition) is 1. The van der Waals surface area contributed by atoms with Gasteiger partial charge in [-0.2, -0.15) is 0 Å². The second-order valence-electron chi connectivity index (χ2n) is 4.39. The molecule has 0 amide bonds. The van der Waals surface area contributed by atoms with Gasteiger partial charge in [0.05, 0.1) is 4.47 Å². The number of carbonyl (C=O) groups is 1. The highest BCUT2D eigenvalue weighted by Crippen LogP contribution is 2.34. The van der Waals surface area contributed by atoms with Gasteiger partial charge in [-0.15, -0.1) is 0 Å². The average Bonchev–Trinajstić information content (AvgIpc) is 2.41. The minimum Gasteiger partial charge on any atom is -0.478 e. The lowest BCUT2D eigenvalue weighted by atomic mass is 10.1. The maximum Gasteiger partial charge on any atom is 0.328 e. The molecule has 0 spiro atoms. The molecule has 0 saturated heterocycles. The topological polar surface area (TPSA) is 46.5 Å². The molecule has 2 aromatic carbocycles. The van der Waals surface area contributed by atoms with Crippen LogP contribution < -0.4 is 4.74 Å². The predicted molar refractivity (Wildman–Crippen MR) is 87.1 cm³/mol. The van der Waals surface area contributed by atoms with Crippen LogP contribution in [0.15, 0.2) is 46.9 Å². The van der Waals surface area contributed by atoms with Gasteiger partial charge in [-0.3, -0.25) is 0 Å². The van der Waals surface area contributed by atoms with E-state index in [0.717, 1.165) is 16.1 Å². The molecule has 2 rings (SSSR count). The largest absolute Gasteiger partial charge is 0.478 e. The monoisotopic (exact) mass is 366 g/mol. The molecule has 5 heteroatoms. The van der Waals surface area contributed by atoms with E-state index in [1.165, 1.54) is 6.08 Å². The minimum absolute atomic E-state index is 0.570. The number of rotatable bonds is 4. The molecule has 108 valence electrons. The van der Waals surface area contributed by atoms with Crippen molar-refractivity contribution in [1.29, 1.82) is 0 Å². The van der Waals surface area contributed by atoms with E-state index in [2.05, 4.69) is 15.9 Å². The van der Waals surface area contributed by atoms with Gasteiger partial charge in [-0.25, -0.2) is 4.79 Å². The summed E-state index contributed by atoms with van der Waals surface area (Å²) < 4.78 is 6.56. The Labute approximate surface area is 135 Å². The SMILES string of the molecule is Cc1ccc(Oc2ccc(Cl)cc2Br)c(/C=C/C(=O)O)c1. The molecule has 0 atom stereocenters. The number of hydrogen-bond acceptors (Lipinski definition) is 2. The lowest BCUT2D eigenvalue weighted by Crippen LogP contribution is -1.91. The second-order valence-corrected chi connectivity index (χ2v) is 5.68. The summed E-state index contributed by atoms with van der Waals surface area (Å²) in [7, 11) is 0. The van der Waals surface area contributed by atoms with Gasteiger partial charge in [0, 0.05) is 16.7 Å². The van der Waals surface area contributed by atoms with Crippen LogP contribution in [0.25, 0.3) is 6.08 Å². The fourth-order valence-corrected chi connectivity index (χ4v) is 2.49. The van der Waals surface area contributed by atoms with Crippen LogP contribution in [0.5, 0.6) is 11.5 Å². The average molecular weight is 368 g/mol. The number of ether oxygens (including phenoxy) is 1. The highest BCUT2D eigenvalue weighted by molar-refractivity contribution is 9.10. The van der Waals surface area contributed by atoms with Crippen LogP contribution in [0, 0.1) is 6.92 Å². The van der Waals surface area contributed by atoms with Gasteiger partial charge in [0.25, 0.3) is 0 Å². The fraction of sp³-hybridized carbons (Fsp3) is 0.0625. The van der Waals surface area contributed by atoms with E-state index in [1.54, 1.807) is 24.3 Å². The fourth-order valence-electron chi connectivity index (χ4n) is 1.73. The third kappa shape index (κ3) is 4.34. The van der Waals surface area contributed by atoms with Crippen LogP contribution in [0.2, 0.25) is 5.02 Å². The van der Waals surface area contributed by atoms with Crippen molar-refractivity contribution in [3.8, 4) is 11.5 Å². The van der Waals surface area contributed by atoms with Crippen LogP contribution in [0.4, 0.5) is 0 Å². The van der Waals surface area contributed by atoms with E-state index < -0.39 is 5.97 Å². The summed E-state index contributed by atoms with van der Waals surface area (Å²) in [6, 6.07) is 10.8. The summed E-state index contributed by atoms with van der Waals surface area (Å²) in [5.41, 5.74) is 1.71. The lowest BCUT2D eigenvalue weighted by Gasteiger charge is -2.11. The summed E-state index contributed by atoms with van der Waals surface area (Å²) in [5.74, 6) is 0.171. The van der Waals surface area contributed by atoms with Crippen LogP contribution in [-0.2, 0) is 4.79 Å². The Hall–Kier alpha value is -1.78. The first-order valence-corrected chi connectivity index (χ1v) is 7.27. The van der Waals surface area contributed by atoms with Gasteiger partial charge in [-0.05, 0) is 59.3 Å². The first-order chi connectivity index (χ1) is 9.95. The molecule has 0 radical (unpaired) electrons. The molecule has 2 aromatic rings. The van der Waals surface area contributed by atoms with Gasteiger partial charge in [0.1, 0.15) is 11.5 Å². The molecule has 0 aliphatic carbocycles. The van der Waals surface area contributed by atoms with Crippen LogP contribution >= 0.6 is 27.5 Å². The molecule has 0 fully saturated rings. The van der Waals surface area contributed by atoms with Crippen molar-refractivity contribution in [3.05, 3.63) is 63.1 Å². The molecule has 0 bridgehead atoms. The zero-order valence-electron chi connectivity index (χ0n) is 11.1. The number of halogens is 2. The number of carboxylic acids is 1. The quantitative estimate of drug-likeness (QED) is 0.746.